The second-order valence-electron chi connectivity index (χ2n) is 5.70. The molecule has 1 amide bonds. The highest BCUT2D eigenvalue weighted by Gasteiger charge is 2.21. The highest BCUT2D eigenvalue weighted by molar-refractivity contribution is 5.91. The maximum absolute atomic E-state index is 11.3. The number of methoxy groups -OCH3 is 1. The average molecular weight is 287 g/mol. The zero-order valence-corrected chi connectivity index (χ0v) is 12.5. The van der Waals surface area contributed by atoms with Crippen molar-refractivity contribution in [1.82, 2.24) is 9.88 Å². The molecule has 21 heavy (non-hydrogen) atoms. The van der Waals surface area contributed by atoms with Crippen LogP contribution in [0.1, 0.15) is 24.3 Å². The average Bonchev–Trinajstić information content (AvgIpc) is 2.91. The van der Waals surface area contributed by atoms with Gasteiger partial charge in [0.25, 0.3) is 0 Å². The lowest BCUT2D eigenvalue weighted by Gasteiger charge is -2.28. The van der Waals surface area contributed by atoms with Crippen molar-refractivity contribution in [2.24, 2.45) is 0 Å². The Labute approximate surface area is 124 Å². The molecule has 5 nitrogen and oxygen atoms in total. The second kappa shape index (κ2) is 5.77. The first-order valence-corrected chi connectivity index (χ1v) is 7.32. The van der Waals surface area contributed by atoms with Crippen molar-refractivity contribution in [2.75, 3.05) is 32.6 Å². The maximum atomic E-state index is 11.3. The fraction of sp³-hybridized carbons (Fsp3) is 0.438. The van der Waals surface area contributed by atoms with Gasteiger partial charge in [0.15, 0.2) is 0 Å². The van der Waals surface area contributed by atoms with Gasteiger partial charge in [0, 0.05) is 22.8 Å². The van der Waals surface area contributed by atoms with Crippen LogP contribution in [0.2, 0.25) is 0 Å². The lowest BCUT2D eigenvalue weighted by Crippen LogP contribution is -2.29. The van der Waals surface area contributed by atoms with Crippen molar-refractivity contribution >= 4 is 22.7 Å². The minimum absolute atomic E-state index is 0.439. The van der Waals surface area contributed by atoms with E-state index in [1.165, 1.54) is 30.9 Å². The Morgan fingerprint density at radius 2 is 2.14 bits per heavy atom. The predicted octanol–water partition coefficient (Wildman–Crippen LogP) is 3.16. The van der Waals surface area contributed by atoms with E-state index in [-0.39, 0.29) is 0 Å². The van der Waals surface area contributed by atoms with Gasteiger partial charge in [0.2, 0.25) is 0 Å². The van der Waals surface area contributed by atoms with Crippen LogP contribution in [0.5, 0.6) is 0 Å². The lowest BCUT2D eigenvalue weighted by molar-refractivity contribution is 0.187. The van der Waals surface area contributed by atoms with E-state index in [1.54, 1.807) is 0 Å². The number of piperidine rings is 1. The number of amides is 1. The van der Waals surface area contributed by atoms with Gasteiger partial charge >= 0.3 is 6.09 Å². The van der Waals surface area contributed by atoms with Crippen molar-refractivity contribution in [3.05, 3.63) is 30.0 Å². The molecule has 5 heteroatoms. The third kappa shape index (κ3) is 2.88. The first-order chi connectivity index (χ1) is 10.2. The molecule has 2 heterocycles. The van der Waals surface area contributed by atoms with Crippen LogP contribution >= 0.6 is 0 Å². The van der Waals surface area contributed by atoms with E-state index in [0.29, 0.717) is 5.92 Å². The number of nitrogens with zero attached hydrogens (tertiary/aromatic N) is 1. The SMILES string of the molecule is COC(=O)Nc1ccc2[nH]cc(C3CCN(C)CC3)c2c1. The molecule has 1 aliphatic rings. The van der Waals surface area contributed by atoms with Crippen LogP contribution in [-0.4, -0.2) is 43.2 Å². The Bertz CT molecular complexity index is 642. The number of aromatic nitrogens is 1. The first-order valence-electron chi connectivity index (χ1n) is 7.32. The molecule has 0 aliphatic carbocycles. The summed E-state index contributed by atoms with van der Waals surface area (Å²) in [5.41, 5.74) is 3.23. The third-order valence-electron chi connectivity index (χ3n) is 4.30. The zero-order valence-electron chi connectivity index (χ0n) is 12.5. The number of carbonyl (C=O) groups excluding carboxylic acids is 1. The summed E-state index contributed by atoms with van der Waals surface area (Å²) in [6, 6.07) is 5.91. The van der Waals surface area contributed by atoms with E-state index in [1.807, 2.05) is 18.2 Å². The molecule has 2 N–H and O–H groups in total. The van der Waals surface area contributed by atoms with Crippen LogP contribution in [0.4, 0.5) is 10.5 Å². The van der Waals surface area contributed by atoms with Crippen LogP contribution < -0.4 is 5.32 Å². The van der Waals surface area contributed by atoms with Crippen LogP contribution in [0.25, 0.3) is 10.9 Å². The number of carbonyl (C=O) groups is 1. The molecule has 112 valence electrons. The summed E-state index contributed by atoms with van der Waals surface area (Å²) < 4.78 is 4.64. The van der Waals surface area contributed by atoms with E-state index in [0.717, 1.165) is 24.3 Å². The highest BCUT2D eigenvalue weighted by atomic mass is 16.5. The fourth-order valence-corrected chi connectivity index (χ4v) is 3.05. The van der Waals surface area contributed by atoms with Crippen molar-refractivity contribution in [2.45, 2.75) is 18.8 Å². The van der Waals surface area contributed by atoms with Gasteiger partial charge in [-0.05, 0) is 62.7 Å². The van der Waals surface area contributed by atoms with Gasteiger partial charge in [0.1, 0.15) is 0 Å². The number of rotatable bonds is 2. The minimum atomic E-state index is -0.439. The molecule has 0 saturated carbocycles. The summed E-state index contributed by atoms with van der Waals surface area (Å²) in [4.78, 5) is 17.0. The van der Waals surface area contributed by atoms with E-state index >= 15 is 0 Å². The second-order valence-corrected chi connectivity index (χ2v) is 5.70. The molecular weight excluding hydrogens is 266 g/mol. The molecule has 2 aromatic rings. The topological polar surface area (TPSA) is 57.4 Å². The summed E-state index contributed by atoms with van der Waals surface area (Å²) in [6.07, 6.45) is 4.03. The molecular formula is C16H21N3O2. The molecule has 0 spiro atoms. The van der Waals surface area contributed by atoms with E-state index < -0.39 is 6.09 Å². The minimum Gasteiger partial charge on any atom is -0.453 e. The van der Waals surface area contributed by atoms with Gasteiger partial charge in [-0.1, -0.05) is 0 Å². The molecule has 1 aromatic heterocycles. The summed E-state index contributed by atoms with van der Waals surface area (Å²) in [5.74, 6) is 0.586. The van der Waals surface area contributed by atoms with Crippen LogP contribution in [0, 0.1) is 0 Å². The quantitative estimate of drug-likeness (QED) is 0.892. The molecule has 1 aliphatic heterocycles. The summed E-state index contributed by atoms with van der Waals surface area (Å²) >= 11 is 0. The van der Waals surface area contributed by atoms with Crippen LogP contribution in [0.15, 0.2) is 24.4 Å². The predicted molar refractivity (Wildman–Crippen MR) is 83.8 cm³/mol. The van der Waals surface area contributed by atoms with Gasteiger partial charge in [0.05, 0.1) is 7.11 Å². The molecule has 0 bridgehead atoms. The number of likely N-dealkylation sites (tertiary alicyclic amines) is 1. The first kappa shape index (κ1) is 13.9. The Morgan fingerprint density at radius 1 is 1.38 bits per heavy atom. The number of hydrogen-bond donors (Lipinski definition) is 2. The number of fused-ring (bicyclic) bond motifs is 1. The Morgan fingerprint density at radius 3 is 2.86 bits per heavy atom. The number of nitrogens with one attached hydrogen (secondary N) is 2. The molecule has 0 unspecified atom stereocenters. The summed E-state index contributed by atoms with van der Waals surface area (Å²) in [7, 11) is 3.54. The largest absolute Gasteiger partial charge is 0.453 e. The number of ether oxygens (including phenoxy) is 1. The highest BCUT2D eigenvalue weighted by Crippen LogP contribution is 2.33. The van der Waals surface area contributed by atoms with Crippen LogP contribution in [0.3, 0.4) is 0 Å². The monoisotopic (exact) mass is 287 g/mol. The van der Waals surface area contributed by atoms with E-state index in [2.05, 4.69) is 33.2 Å². The van der Waals surface area contributed by atoms with E-state index in [4.69, 9.17) is 0 Å². The Balaban J connectivity index is 1.88. The Kier molecular flexibility index (Phi) is 3.84. The summed E-state index contributed by atoms with van der Waals surface area (Å²) in [5, 5.41) is 3.92. The fourth-order valence-electron chi connectivity index (χ4n) is 3.05. The molecule has 1 saturated heterocycles. The Hall–Kier alpha value is -2.01. The normalized spacial score (nSPS) is 17.0. The number of anilines is 1. The number of H-pyrrole nitrogens is 1. The number of hydrogen-bond acceptors (Lipinski definition) is 3. The van der Waals surface area contributed by atoms with Gasteiger partial charge in [-0.3, -0.25) is 5.32 Å². The standard InChI is InChI=1S/C16H21N3O2/c1-19-7-5-11(6-8-19)14-10-17-15-4-3-12(9-13(14)15)18-16(20)21-2/h3-4,9-11,17H,5-8H2,1-2H3,(H,18,20). The van der Waals surface area contributed by atoms with Crippen molar-refractivity contribution in [3.63, 3.8) is 0 Å². The molecule has 0 atom stereocenters. The van der Waals surface area contributed by atoms with Crippen molar-refractivity contribution < 1.29 is 9.53 Å². The smallest absolute Gasteiger partial charge is 0.411 e. The molecule has 0 radical (unpaired) electrons. The van der Waals surface area contributed by atoms with Crippen molar-refractivity contribution in [3.8, 4) is 0 Å². The van der Waals surface area contributed by atoms with E-state index in [9.17, 15) is 4.79 Å². The third-order valence-corrected chi connectivity index (χ3v) is 4.30. The molecule has 1 fully saturated rings. The summed E-state index contributed by atoms with van der Waals surface area (Å²) in [6.45, 7) is 2.27. The molecule has 3 rings (SSSR count). The van der Waals surface area contributed by atoms with Gasteiger partial charge in [-0.2, -0.15) is 0 Å². The number of aromatic amines is 1. The number of benzene rings is 1. The maximum Gasteiger partial charge on any atom is 0.411 e. The lowest BCUT2D eigenvalue weighted by atomic mass is 9.89. The molecule has 1 aromatic carbocycles. The van der Waals surface area contributed by atoms with Gasteiger partial charge < -0.3 is 14.6 Å². The van der Waals surface area contributed by atoms with Crippen molar-refractivity contribution in [1.29, 1.82) is 0 Å². The van der Waals surface area contributed by atoms with Gasteiger partial charge in [-0.15, -0.1) is 0 Å². The van der Waals surface area contributed by atoms with Crippen LogP contribution in [-0.2, 0) is 4.74 Å². The van der Waals surface area contributed by atoms with Gasteiger partial charge in [-0.25, -0.2) is 4.79 Å². The zero-order chi connectivity index (χ0) is 14.8.